The van der Waals surface area contributed by atoms with Gasteiger partial charge in [0.15, 0.2) is 6.10 Å². The van der Waals surface area contributed by atoms with Gasteiger partial charge < -0.3 is 14.3 Å². The zero-order valence-corrected chi connectivity index (χ0v) is 12.1. The van der Waals surface area contributed by atoms with E-state index < -0.39 is 0 Å². The highest BCUT2D eigenvalue weighted by Gasteiger charge is 2.32. The molecular weight excluding hydrogens is 244 g/mol. The molecule has 0 aromatic heterocycles. The summed E-state index contributed by atoms with van der Waals surface area (Å²) in [5.41, 5.74) is 1.69. The van der Waals surface area contributed by atoms with Gasteiger partial charge in [-0.3, -0.25) is 0 Å². The summed E-state index contributed by atoms with van der Waals surface area (Å²) in [6.07, 6.45) is 5.10. The number of methoxy groups -OCH3 is 1. The summed E-state index contributed by atoms with van der Waals surface area (Å²) in [4.78, 5) is 22.0. The second-order valence-corrected chi connectivity index (χ2v) is 5.03. The van der Waals surface area contributed by atoms with Crippen LogP contribution in [0.2, 0.25) is 0 Å². The van der Waals surface area contributed by atoms with Gasteiger partial charge in [-0.05, 0) is 26.7 Å². The molecule has 106 valence electrons. The van der Waals surface area contributed by atoms with Crippen molar-refractivity contribution >= 4 is 12.3 Å². The van der Waals surface area contributed by atoms with Gasteiger partial charge in [0, 0.05) is 12.3 Å². The SMILES string of the molecule is COC1=C(C)C(=O)OC1C/C(C)=C/CCC(C)C=O. The Morgan fingerprint density at radius 2 is 2.21 bits per heavy atom. The van der Waals surface area contributed by atoms with E-state index >= 15 is 0 Å². The second kappa shape index (κ2) is 7.12. The maximum Gasteiger partial charge on any atom is 0.338 e. The van der Waals surface area contributed by atoms with Crippen LogP contribution in [0, 0.1) is 5.92 Å². The maximum absolute atomic E-state index is 11.5. The Labute approximate surface area is 114 Å². The topological polar surface area (TPSA) is 52.6 Å². The number of hydrogen-bond acceptors (Lipinski definition) is 4. The van der Waals surface area contributed by atoms with Gasteiger partial charge in [0.2, 0.25) is 0 Å². The van der Waals surface area contributed by atoms with Crippen LogP contribution in [0.4, 0.5) is 0 Å². The van der Waals surface area contributed by atoms with Crippen molar-refractivity contribution in [2.75, 3.05) is 7.11 Å². The molecule has 1 rings (SSSR count). The van der Waals surface area contributed by atoms with E-state index in [0.717, 1.165) is 24.7 Å². The molecule has 0 saturated heterocycles. The number of carbonyl (C=O) groups excluding carboxylic acids is 2. The van der Waals surface area contributed by atoms with Gasteiger partial charge in [-0.1, -0.05) is 18.6 Å². The number of esters is 1. The monoisotopic (exact) mass is 266 g/mol. The molecule has 0 radical (unpaired) electrons. The molecule has 0 spiro atoms. The van der Waals surface area contributed by atoms with Crippen LogP contribution in [0.15, 0.2) is 23.0 Å². The molecule has 19 heavy (non-hydrogen) atoms. The summed E-state index contributed by atoms with van der Waals surface area (Å²) in [7, 11) is 1.55. The average Bonchev–Trinajstić information content (AvgIpc) is 2.64. The number of rotatable bonds is 7. The minimum atomic E-state index is -0.308. The summed E-state index contributed by atoms with van der Waals surface area (Å²) in [6.45, 7) is 5.62. The molecule has 0 aliphatic carbocycles. The van der Waals surface area contributed by atoms with Crippen molar-refractivity contribution in [1.29, 1.82) is 0 Å². The number of cyclic esters (lactones) is 1. The van der Waals surface area contributed by atoms with Gasteiger partial charge in [-0.2, -0.15) is 0 Å². The summed E-state index contributed by atoms with van der Waals surface area (Å²) in [6, 6.07) is 0. The summed E-state index contributed by atoms with van der Waals surface area (Å²) < 4.78 is 10.5. The third-order valence-corrected chi connectivity index (χ3v) is 3.29. The van der Waals surface area contributed by atoms with E-state index in [1.54, 1.807) is 14.0 Å². The third kappa shape index (κ3) is 4.23. The van der Waals surface area contributed by atoms with Gasteiger partial charge in [-0.25, -0.2) is 4.79 Å². The van der Waals surface area contributed by atoms with Crippen LogP contribution in [0.5, 0.6) is 0 Å². The molecule has 0 bridgehead atoms. The molecule has 0 aromatic rings. The largest absolute Gasteiger partial charge is 0.497 e. The molecule has 4 heteroatoms. The Kier molecular flexibility index (Phi) is 5.80. The van der Waals surface area contributed by atoms with E-state index in [1.807, 2.05) is 13.8 Å². The van der Waals surface area contributed by atoms with E-state index in [4.69, 9.17) is 9.47 Å². The van der Waals surface area contributed by atoms with Crippen LogP contribution in [-0.2, 0) is 19.1 Å². The van der Waals surface area contributed by atoms with Crippen molar-refractivity contribution in [3.05, 3.63) is 23.0 Å². The molecule has 0 amide bonds. The number of ether oxygens (including phenoxy) is 2. The molecule has 0 N–H and O–H groups in total. The Bertz CT molecular complexity index is 406. The zero-order chi connectivity index (χ0) is 14.4. The fourth-order valence-electron chi connectivity index (χ4n) is 2.07. The minimum Gasteiger partial charge on any atom is -0.497 e. The predicted molar refractivity (Wildman–Crippen MR) is 72.4 cm³/mol. The third-order valence-electron chi connectivity index (χ3n) is 3.29. The van der Waals surface area contributed by atoms with Crippen LogP contribution in [-0.4, -0.2) is 25.5 Å². The molecule has 0 saturated carbocycles. The fraction of sp³-hybridized carbons (Fsp3) is 0.600. The Morgan fingerprint density at radius 1 is 1.53 bits per heavy atom. The smallest absolute Gasteiger partial charge is 0.338 e. The van der Waals surface area contributed by atoms with Crippen molar-refractivity contribution in [2.24, 2.45) is 5.92 Å². The normalized spacial score (nSPS) is 21.4. The minimum absolute atomic E-state index is 0.0880. The van der Waals surface area contributed by atoms with Gasteiger partial charge in [0.1, 0.15) is 12.0 Å². The second-order valence-electron chi connectivity index (χ2n) is 5.03. The van der Waals surface area contributed by atoms with Crippen LogP contribution in [0.1, 0.15) is 40.0 Å². The lowest BCUT2D eigenvalue weighted by Gasteiger charge is -2.13. The standard InChI is InChI=1S/C15H22O4/c1-10(6-5-7-11(2)9-16)8-13-14(18-4)12(3)15(17)19-13/h6,9,11,13H,5,7-8H2,1-4H3/b10-6+. The summed E-state index contributed by atoms with van der Waals surface area (Å²) in [5.74, 6) is 0.410. The molecule has 0 fully saturated rings. The van der Waals surface area contributed by atoms with Crippen molar-refractivity contribution in [2.45, 2.75) is 46.1 Å². The first-order valence-electron chi connectivity index (χ1n) is 6.56. The Hall–Kier alpha value is -1.58. The lowest BCUT2D eigenvalue weighted by molar-refractivity contribution is -0.140. The van der Waals surface area contributed by atoms with Crippen molar-refractivity contribution in [1.82, 2.24) is 0 Å². The number of allylic oxidation sites excluding steroid dienone is 1. The van der Waals surface area contributed by atoms with E-state index in [-0.39, 0.29) is 18.0 Å². The van der Waals surface area contributed by atoms with E-state index in [1.165, 1.54) is 0 Å². The average molecular weight is 266 g/mol. The van der Waals surface area contributed by atoms with Crippen molar-refractivity contribution < 1.29 is 19.1 Å². The molecule has 4 nitrogen and oxygen atoms in total. The molecular formula is C15H22O4. The zero-order valence-electron chi connectivity index (χ0n) is 12.1. The maximum atomic E-state index is 11.5. The van der Waals surface area contributed by atoms with Crippen LogP contribution < -0.4 is 0 Å². The molecule has 2 atom stereocenters. The van der Waals surface area contributed by atoms with E-state index in [0.29, 0.717) is 17.8 Å². The quantitative estimate of drug-likeness (QED) is 0.404. The number of carbonyl (C=O) groups is 2. The fourth-order valence-corrected chi connectivity index (χ4v) is 2.07. The number of hydrogen-bond donors (Lipinski definition) is 0. The van der Waals surface area contributed by atoms with E-state index in [2.05, 4.69) is 6.08 Å². The highest BCUT2D eigenvalue weighted by atomic mass is 16.6. The first-order valence-corrected chi connectivity index (χ1v) is 6.56. The first kappa shape index (κ1) is 15.5. The van der Waals surface area contributed by atoms with Crippen molar-refractivity contribution in [3.8, 4) is 0 Å². The predicted octanol–water partition coefficient (Wildman–Crippen LogP) is 2.78. The molecule has 1 heterocycles. The number of aldehydes is 1. The van der Waals surface area contributed by atoms with Gasteiger partial charge in [0.25, 0.3) is 0 Å². The Balaban J connectivity index is 2.53. The molecule has 1 aliphatic rings. The summed E-state index contributed by atoms with van der Waals surface area (Å²) in [5, 5.41) is 0. The summed E-state index contributed by atoms with van der Waals surface area (Å²) >= 11 is 0. The van der Waals surface area contributed by atoms with Crippen LogP contribution >= 0.6 is 0 Å². The lowest BCUT2D eigenvalue weighted by Crippen LogP contribution is -2.13. The lowest BCUT2D eigenvalue weighted by atomic mass is 10.0. The highest BCUT2D eigenvalue weighted by molar-refractivity contribution is 5.91. The van der Waals surface area contributed by atoms with Gasteiger partial charge in [0.05, 0.1) is 12.7 Å². The van der Waals surface area contributed by atoms with Gasteiger partial charge >= 0.3 is 5.97 Å². The molecule has 2 unspecified atom stereocenters. The Morgan fingerprint density at radius 3 is 2.79 bits per heavy atom. The van der Waals surface area contributed by atoms with E-state index in [9.17, 15) is 9.59 Å². The van der Waals surface area contributed by atoms with Gasteiger partial charge in [-0.15, -0.1) is 0 Å². The first-order chi connectivity index (χ1) is 8.99. The molecule has 1 aliphatic heterocycles. The highest BCUT2D eigenvalue weighted by Crippen LogP contribution is 2.27. The molecule has 0 aromatic carbocycles. The van der Waals surface area contributed by atoms with Crippen molar-refractivity contribution in [3.63, 3.8) is 0 Å². The van der Waals surface area contributed by atoms with Crippen LogP contribution in [0.3, 0.4) is 0 Å². The van der Waals surface area contributed by atoms with Crippen LogP contribution in [0.25, 0.3) is 0 Å².